The molecule has 0 aliphatic carbocycles. The van der Waals surface area contributed by atoms with Gasteiger partial charge in [0, 0.05) is 16.7 Å². The average molecular weight is 477 g/mol. The lowest BCUT2D eigenvalue weighted by Gasteiger charge is -2.27. The van der Waals surface area contributed by atoms with Crippen LogP contribution in [-0.2, 0) is 0 Å². The number of fused-ring (bicyclic) bond motifs is 1. The van der Waals surface area contributed by atoms with Crippen LogP contribution in [0.15, 0.2) is 72.1 Å². The Balaban J connectivity index is 1.70. The number of carbonyl (C=O) groups excluding carboxylic acids is 1. The maximum Gasteiger partial charge on any atom is 0.343 e. The van der Waals surface area contributed by atoms with Gasteiger partial charge in [0.2, 0.25) is 5.88 Å². The number of nitriles is 1. The fourth-order valence-electron chi connectivity index (χ4n) is 3.73. The van der Waals surface area contributed by atoms with Crippen molar-refractivity contribution in [1.82, 2.24) is 0 Å². The summed E-state index contributed by atoms with van der Waals surface area (Å²) in [6.07, 6.45) is 0. The van der Waals surface area contributed by atoms with Gasteiger partial charge in [-0.15, -0.1) is 0 Å². The minimum atomic E-state index is -0.540. The molecule has 2 N–H and O–H groups in total. The van der Waals surface area contributed by atoms with Gasteiger partial charge in [-0.1, -0.05) is 23.7 Å². The summed E-state index contributed by atoms with van der Waals surface area (Å²) in [4.78, 5) is 12.5. The molecule has 4 rings (SSSR count). The van der Waals surface area contributed by atoms with Crippen LogP contribution in [0, 0.1) is 11.3 Å². The van der Waals surface area contributed by atoms with Crippen LogP contribution in [0.4, 0.5) is 0 Å². The monoisotopic (exact) mass is 476 g/mol. The van der Waals surface area contributed by atoms with E-state index in [0.29, 0.717) is 40.0 Å². The molecule has 1 atom stereocenters. The van der Waals surface area contributed by atoms with Crippen molar-refractivity contribution in [2.75, 3.05) is 13.7 Å². The summed E-state index contributed by atoms with van der Waals surface area (Å²) in [5.41, 5.74) is 8.19. The highest BCUT2D eigenvalue weighted by molar-refractivity contribution is 6.30. The van der Waals surface area contributed by atoms with Gasteiger partial charge < -0.3 is 24.7 Å². The first-order valence-electron chi connectivity index (χ1n) is 10.4. The number of rotatable bonds is 6. The van der Waals surface area contributed by atoms with Gasteiger partial charge in [0.25, 0.3) is 0 Å². The Bertz CT molecular complexity index is 1310. The Morgan fingerprint density at radius 3 is 2.56 bits per heavy atom. The molecule has 8 heteroatoms. The molecule has 1 aliphatic rings. The predicted octanol–water partition coefficient (Wildman–Crippen LogP) is 5.18. The lowest BCUT2D eigenvalue weighted by atomic mass is 9.83. The van der Waals surface area contributed by atoms with Crippen LogP contribution in [0.2, 0.25) is 5.02 Å². The van der Waals surface area contributed by atoms with E-state index in [-0.39, 0.29) is 17.2 Å². The van der Waals surface area contributed by atoms with Gasteiger partial charge >= 0.3 is 5.97 Å². The standard InChI is InChI=1S/C26H21ClN2O5/c1-3-32-21-11-6-16(12-23(21)31-2)24-19-10-9-18(13-22(19)34-25(29)20(24)14-28)33-26(30)15-4-7-17(27)8-5-15/h4-13,24H,3,29H2,1-2H3. The molecule has 34 heavy (non-hydrogen) atoms. The molecule has 7 nitrogen and oxygen atoms in total. The Morgan fingerprint density at radius 1 is 1.12 bits per heavy atom. The lowest BCUT2D eigenvalue weighted by molar-refractivity contribution is 0.0734. The maximum atomic E-state index is 12.5. The van der Waals surface area contributed by atoms with E-state index >= 15 is 0 Å². The Kier molecular flexibility index (Phi) is 6.62. The van der Waals surface area contributed by atoms with Crippen LogP contribution in [0.1, 0.15) is 34.3 Å². The Hall–Kier alpha value is -4.15. The summed E-state index contributed by atoms with van der Waals surface area (Å²) in [6.45, 7) is 2.38. The zero-order chi connectivity index (χ0) is 24.2. The quantitative estimate of drug-likeness (QED) is 0.386. The number of carbonyl (C=O) groups is 1. The van der Waals surface area contributed by atoms with Gasteiger partial charge in [0.1, 0.15) is 23.1 Å². The number of nitrogens with two attached hydrogens (primary N) is 1. The van der Waals surface area contributed by atoms with Crippen molar-refractivity contribution in [1.29, 1.82) is 5.26 Å². The van der Waals surface area contributed by atoms with E-state index in [2.05, 4.69) is 6.07 Å². The van der Waals surface area contributed by atoms with Crippen LogP contribution in [0.5, 0.6) is 23.0 Å². The number of nitrogens with zero attached hydrogens (tertiary/aromatic N) is 1. The summed E-state index contributed by atoms with van der Waals surface area (Å²) in [6, 6.07) is 18.9. The molecule has 0 bridgehead atoms. The van der Waals surface area contributed by atoms with E-state index in [1.54, 1.807) is 55.6 Å². The second-order valence-corrected chi connectivity index (χ2v) is 7.80. The van der Waals surface area contributed by atoms with Crippen molar-refractivity contribution in [2.45, 2.75) is 12.8 Å². The van der Waals surface area contributed by atoms with E-state index < -0.39 is 11.9 Å². The number of hydrogen-bond acceptors (Lipinski definition) is 7. The first-order valence-corrected chi connectivity index (χ1v) is 10.8. The van der Waals surface area contributed by atoms with Crippen LogP contribution in [-0.4, -0.2) is 19.7 Å². The smallest absolute Gasteiger partial charge is 0.343 e. The first kappa shape index (κ1) is 23.0. The lowest BCUT2D eigenvalue weighted by Crippen LogP contribution is -2.21. The molecule has 172 valence electrons. The molecule has 1 aliphatic heterocycles. The van der Waals surface area contributed by atoms with E-state index in [9.17, 15) is 10.1 Å². The van der Waals surface area contributed by atoms with Gasteiger partial charge in [-0.2, -0.15) is 5.26 Å². The average Bonchev–Trinajstić information content (AvgIpc) is 2.84. The van der Waals surface area contributed by atoms with E-state index in [4.69, 9.17) is 36.3 Å². The molecule has 0 radical (unpaired) electrons. The number of benzene rings is 3. The Morgan fingerprint density at radius 2 is 1.88 bits per heavy atom. The fraction of sp³-hybridized carbons (Fsp3) is 0.154. The van der Waals surface area contributed by atoms with Crippen LogP contribution >= 0.6 is 11.6 Å². The number of ether oxygens (including phenoxy) is 4. The molecule has 1 heterocycles. The molecular weight excluding hydrogens is 456 g/mol. The maximum absolute atomic E-state index is 12.5. The van der Waals surface area contributed by atoms with Crippen LogP contribution in [0.25, 0.3) is 0 Å². The van der Waals surface area contributed by atoms with Crippen molar-refractivity contribution < 1.29 is 23.7 Å². The topological polar surface area (TPSA) is 104 Å². The second kappa shape index (κ2) is 9.77. The third-order valence-corrected chi connectivity index (χ3v) is 5.55. The molecule has 0 aromatic heterocycles. The molecule has 0 saturated heterocycles. The molecule has 1 unspecified atom stereocenters. The van der Waals surface area contributed by atoms with Crippen molar-refractivity contribution in [3.63, 3.8) is 0 Å². The highest BCUT2D eigenvalue weighted by atomic mass is 35.5. The summed E-state index contributed by atoms with van der Waals surface area (Å²) in [5, 5.41) is 10.3. The second-order valence-electron chi connectivity index (χ2n) is 7.36. The molecular formula is C26H21ClN2O5. The van der Waals surface area contributed by atoms with E-state index in [1.165, 1.54) is 0 Å². The van der Waals surface area contributed by atoms with Gasteiger partial charge in [-0.05, 0) is 55.0 Å². The number of esters is 1. The number of hydrogen-bond donors (Lipinski definition) is 1. The normalized spacial score (nSPS) is 14.5. The van der Waals surface area contributed by atoms with Gasteiger partial charge in [-0.25, -0.2) is 4.79 Å². The highest BCUT2D eigenvalue weighted by Crippen LogP contribution is 2.45. The first-order chi connectivity index (χ1) is 16.4. The van der Waals surface area contributed by atoms with Crippen LogP contribution in [0.3, 0.4) is 0 Å². The van der Waals surface area contributed by atoms with E-state index in [0.717, 1.165) is 5.56 Å². The highest BCUT2D eigenvalue weighted by Gasteiger charge is 2.31. The molecule has 0 fully saturated rings. The van der Waals surface area contributed by atoms with E-state index in [1.807, 2.05) is 19.1 Å². The number of allylic oxidation sites excluding steroid dienone is 1. The van der Waals surface area contributed by atoms with Gasteiger partial charge in [0.05, 0.1) is 25.2 Å². The third-order valence-electron chi connectivity index (χ3n) is 5.30. The number of methoxy groups -OCH3 is 1. The minimum absolute atomic E-state index is 0.0194. The molecule has 0 saturated carbocycles. The zero-order valence-electron chi connectivity index (χ0n) is 18.5. The fourth-order valence-corrected chi connectivity index (χ4v) is 3.86. The summed E-state index contributed by atoms with van der Waals surface area (Å²) in [7, 11) is 1.55. The number of halogens is 1. The molecule has 0 amide bonds. The molecule has 3 aromatic rings. The largest absolute Gasteiger partial charge is 0.493 e. The molecule has 3 aromatic carbocycles. The van der Waals surface area contributed by atoms with Crippen LogP contribution < -0.4 is 24.7 Å². The minimum Gasteiger partial charge on any atom is -0.493 e. The summed E-state index contributed by atoms with van der Waals surface area (Å²) >= 11 is 5.88. The Labute approximate surface area is 201 Å². The zero-order valence-corrected chi connectivity index (χ0v) is 19.3. The van der Waals surface area contributed by atoms with Crippen molar-refractivity contribution in [3.8, 4) is 29.1 Å². The van der Waals surface area contributed by atoms with Gasteiger partial charge in [0.15, 0.2) is 11.5 Å². The SMILES string of the molecule is CCOc1ccc(C2C(C#N)=C(N)Oc3cc(OC(=O)c4ccc(Cl)cc4)ccc32)cc1OC. The van der Waals surface area contributed by atoms with Gasteiger partial charge in [-0.3, -0.25) is 0 Å². The predicted molar refractivity (Wildman–Crippen MR) is 126 cm³/mol. The van der Waals surface area contributed by atoms with Crippen molar-refractivity contribution in [2.24, 2.45) is 5.73 Å². The molecule has 0 spiro atoms. The third kappa shape index (κ3) is 4.49. The van der Waals surface area contributed by atoms with Crippen molar-refractivity contribution in [3.05, 3.63) is 93.8 Å². The summed E-state index contributed by atoms with van der Waals surface area (Å²) < 4.78 is 22.3. The summed E-state index contributed by atoms with van der Waals surface area (Å²) in [5.74, 6) is 0.734. The van der Waals surface area contributed by atoms with Crippen molar-refractivity contribution >= 4 is 17.6 Å².